The van der Waals surface area contributed by atoms with Crippen molar-refractivity contribution >= 4 is 5.91 Å². The number of benzene rings is 1. The zero-order valence-electron chi connectivity index (χ0n) is 16.0. The van der Waals surface area contributed by atoms with Gasteiger partial charge in [0.15, 0.2) is 5.76 Å². The van der Waals surface area contributed by atoms with Gasteiger partial charge in [0.05, 0.1) is 19.4 Å². The number of carbonyl (C=O) groups is 1. The van der Waals surface area contributed by atoms with Crippen molar-refractivity contribution in [2.24, 2.45) is 5.92 Å². The largest absolute Gasteiger partial charge is 0.467 e. The highest BCUT2D eigenvalue weighted by Crippen LogP contribution is 2.23. The molecular weight excluding hydrogens is 352 g/mol. The van der Waals surface area contributed by atoms with Gasteiger partial charge in [-0.15, -0.1) is 0 Å². The van der Waals surface area contributed by atoms with Gasteiger partial charge >= 0.3 is 0 Å². The first-order chi connectivity index (χ1) is 13.8. The normalized spacial score (nSPS) is 15.6. The van der Waals surface area contributed by atoms with E-state index in [0.717, 1.165) is 43.5 Å². The van der Waals surface area contributed by atoms with Crippen LogP contribution in [0.4, 0.5) is 0 Å². The minimum Gasteiger partial charge on any atom is -0.467 e. The lowest BCUT2D eigenvalue weighted by Crippen LogP contribution is -2.33. The van der Waals surface area contributed by atoms with E-state index < -0.39 is 0 Å². The van der Waals surface area contributed by atoms with Crippen LogP contribution in [0.3, 0.4) is 0 Å². The lowest BCUT2D eigenvalue weighted by Gasteiger charge is -2.31. The Labute approximate surface area is 165 Å². The Hall–Kier alpha value is -2.79. The van der Waals surface area contributed by atoms with Crippen LogP contribution in [0.5, 0.6) is 0 Å². The van der Waals surface area contributed by atoms with Crippen LogP contribution in [0, 0.1) is 5.92 Å². The highest BCUT2D eigenvalue weighted by Gasteiger charge is 2.21. The Kier molecular flexibility index (Phi) is 5.92. The third kappa shape index (κ3) is 4.93. The van der Waals surface area contributed by atoms with Gasteiger partial charge in [-0.1, -0.05) is 30.3 Å². The summed E-state index contributed by atoms with van der Waals surface area (Å²) >= 11 is 0. The van der Waals surface area contributed by atoms with Crippen molar-refractivity contribution in [1.82, 2.24) is 10.2 Å². The van der Waals surface area contributed by atoms with Crippen molar-refractivity contribution in [3.63, 3.8) is 0 Å². The number of carbonyl (C=O) groups excluding carboxylic acids is 1. The molecule has 0 saturated carbocycles. The fourth-order valence-electron chi connectivity index (χ4n) is 3.77. The molecule has 0 spiro atoms. The molecule has 1 saturated heterocycles. The van der Waals surface area contributed by atoms with Crippen molar-refractivity contribution in [2.45, 2.75) is 32.4 Å². The van der Waals surface area contributed by atoms with E-state index in [-0.39, 0.29) is 5.91 Å². The Morgan fingerprint density at radius 2 is 1.82 bits per heavy atom. The molecule has 3 aromatic rings. The third-order valence-corrected chi connectivity index (χ3v) is 5.34. The van der Waals surface area contributed by atoms with E-state index in [4.69, 9.17) is 8.83 Å². The highest BCUT2D eigenvalue weighted by molar-refractivity contribution is 5.91. The molecule has 0 bridgehead atoms. The Bertz CT molecular complexity index is 862. The zero-order valence-corrected chi connectivity index (χ0v) is 16.0. The highest BCUT2D eigenvalue weighted by atomic mass is 16.4. The van der Waals surface area contributed by atoms with Gasteiger partial charge < -0.3 is 14.2 Å². The average molecular weight is 378 g/mol. The number of amides is 1. The predicted molar refractivity (Wildman–Crippen MR) is 107 cm³/mol. The molecule has 28 heavy (non-hydrogen) atoms. The van der Waals surface area contributed by atoms with E-state index in [2.05, 4.69) is 40.5 Å². The van der Waals surface area contributed by atoms with Crippen molar-refractivity contribution < 1.29 is 13.6 Å². The number of furan rings is 2. The summed E-state index contributed by atoms with van der Waals surface area (Å²) in [6, 6.07) is 18.0. The van der Waals surface area contributed by atoms with Gasteiger partial charge in [-0.3, -0.25) is 9.69 Å². The van der Waals surface area contributed by atoms with Gasteiger partial charge in [-0.25, -0.2) is 0 Å². The zero-order chi connectivity index (χ0) is 19.2. The molecule has 146 valence electrons. The number of nitrogens with one attached hydrogen (secondary N) is 1. The van der Waals surface area contributed by atoms with Crippen LogP contribution in [0.2, 0.25) is 0 Å². The fraction of sp³-hybridized carbons (Fsp3) is 0.348. The molecule has 4 rings (SSSR count). The summed E-state index contributed by atoms with van der Waals surface area (Å²) in [5, 5.41) is 2.81. The van der Waals surface area contributed by atoms with Crippen molar-refractivity contribution in [3.8, 4) is 0 Å². The summed E-state index contributed by atoms with van der Waals surface area (Å²) in [6.45, 7) is 3.25. The maximum atomic E-state index is 12.2. The van der Waals surface area contributed by atoms with E-state index in [9.17, 15) is 4.79 Å². The first-order valence-electron chi connectivity index (χ1n) is 9.92. The molecule has 1 aromatic carbocycles. The Morgan fingerprint density at radius 3 is 2.57 bits per heavy atom. The minimum atomic E-state index is -0.218. The summed E-state index contributed by atoms with van der Waals surface area (Å²) in [7, 11) is 0. The third-order valence-electron chi connectivity index (χ3n) is 5.34. The molecule has 0 atom stereocenters. The molecule has 2 aromatic heterocycles. The van der Waals surface area contributed by atoms with Gasteiger partial charge in [0.25, 0.3) is 5.91 Å². The standard InChI is InChI=1S/C23H26N2O3/c26-23(24-16-20-7-4-14-27-20)22-9-8-21(28-22)17-25-12-10-19(11-13-25)15-18-5-2-1-3-6-18/h1-9,14,19H,10-13,15-17H2,(H,24,26). The first kappa shape index (κ1) is 18.6. The maximum Gasteiger partial charge on any atom is 0.287 e. The molecule has 1 aliphatic heterocycles. The van der Waals surface area contributed by atoms with E-state index in [1.165, 1.54) is 18.4 Å². The molecule has 5 nitrogen and oxygen atoms in total. The summed E-state index contributed by atoms with van der Waals surface area (Å²) in [4.78, 5) is 14.6. The molecule has 0 unspecified atom stereocenters. The number of hydrogen-bond donors (Lipinski definition) is 1. The summed E-state index contributed by atoms with van der Waals surface area (Å²) in [5.74, 6) is 2.44. The van der Waals surface area contributed by atoms with Gasteiger partial charge in [0.2, 0.25) is 0 Å². The lowest BCUT2D eigenvalue weighted by molar-refractivity contribution is 0.0914. The number of hydrogen-bond acceptors (Lipinski definition) is 4. The second-order valence-corrected chi connectivity index (χ2v) is 7.44. The molecule has 5 heteroatoms. The van der Waals surface area contributed by atoms with Gasteiger partial charge in [0, 0.05) is 0 Å². The lowest BCUT2D eigenvalue weighted by atomic mass is 9.90. The van der Waals surface area contributed by atoms with Crippen molar-refractivity contribution in [2.75, 3.05) is 13.1 Å². The molecule has 0 aliphatic carbocycles. The molecule has 1 amide bonds. The fourth-order valence-corrected chi connectivity index (χ4v) is 3.77. The SMILES string of the molecule is O=C(NCc1ccco1)c1ccc(CN2CCC(Cc3ccccc3)CC2)o1. The van der Waals surface area contributed by atoms with Gasteiger partial charge in [-0.2, -0.15) is 0 Å². The van der Waals surface area contributed by atoms with Crippen molar-refractivity contribution in [1.29, 1.82) is 0 Å². The van der Waals surface area contributed by atoms with Crippen LogP contribution in [0.15, 0.2) is 69.7 Å². The summed E-state index contributed by atoms with van der Waals surface area (Å²) in [5.41, 5.74) is 1.43. The second kappa shape index (κ2) is 8.93. The Balaban J connectivity index is 1.23. The van der Waals surface area contributed by atoms with Crippen LogP contribution in [0.1, 0.15) is 40.5 Å². The number of rotatable bonds is 7. The van der Waals surface area contributed by atoms with E-state index in [1.54, 1.807) is 18.4 Å². The topological polar surface area (TPSA) is 58.6 Å². The van der Waals surface area contributed by atoms with Crippen LogP contribution in [0.25, 0.3) is 0 Å². The van der Waals surface area contributed by atoms with E-state index in [0.29, 0.717) is 12.3 Å². The summed E-state index contributed by atoms with van der Waals surface area (Å²) in [6.07, 6.45) is 5.16. The van der Waals surface area contributed by atoms with E-state index >= 15 is 0 Å². The summed E-state index contributed by atoms with van der Waals surface area (Å²) < 4.78 is 11.0. The molecule has 0 radical (unpaired) electrons. The van der Waals surface area contributed by atoms with Crippen LogP contribution < -0.4 is 5.32 Å². The smallest absolute Gasteiger partial charge is 0.287 e. The molecule has 1 N–H and O–H groups in total. The average Bonchev–Trinajstić information content (AvgIpc) is 3.41. The van der Waals surface area contributed by atoms with Crippen LogP contribution in [-0.4, -0.2) is 23.9 Å². The molecular formula is C23H26N2O3. The number of likely N-dealkylation sites (tertiary alicyclic amines) is 1. The van der Waals surface area contributed by atoms with Gasteiger partial charge in [-0.05, 0) is 68.1 Å². The minimum absolute atomic E-state index is 0.218. The predicted octanol–water partition coefficient (Wildman–Crippen LogP) is 4.26. The second-order valence-electron chi connectivity index (χ2n) is 7.44. The van der Waals surface area contributed by atoms with Gasteiger partial charge in [0.1, 0.15) is 11.5 Å². The van der Waals surface area contributed by atoms with Crippen LogP contribution in [-0.2, 0) is 19.5 Å². The molecule has 1 aliphatic rings. The monoisotopic (exact) mass is 378 g/mol. The first-order valence-corrected chi connectivity index (χ1v) is 9.92. The van der Waals surface area contributed by atoms with Crippen molar-refractivity contribution in [3.05, 3.63) is 83.7 Å². The van der Waals surface area contributed by atoms with E-state index in [1.807, 2.05) is 12.1 Å². The maximum absolute atomic E-state index is 12.2. The molecule has 1 fully saturated rings. The number of piperidine rings is 1. The quantitative estimate of drug-likeness (QED) is 0.667. The van der Waals surface area contributed by atoms with Crippen LogP contribution >= 0.6 is 0 Å². The molecule has 3 heterocycles. The Morgan fingerprint density at radius 1 is 1.00 bits per heavy atom. The number of nitrogens with zero attached hydrogens (tertiary/aromatic N) is 1.